The lowest BCUT2D eigenvalue weighted by Crippen LogP contribution is -2.37. The van der Waals surface area contributed by atoms with Crippen molar-refractivity contribution in [3.63, 3.8) is 0 Å². The lowest BCUT2D eigenvalue weighted by atomic mass is 10.2. The van der Waals surface area contributed by atoms with Gasteiger partial charge >= 0.3 is 0 Å². The van der Waals surface area contributed by atoms with Crippen LogP contribution in [0.1, 0.15) is 38.1 Å². The van der Waals surface area contributed by atoms with Crippen LogP contribution < -0.4 is 15.0 Å². The van der Waals surface area contributed by atoms with Crippen LogP contribution in [-0.4, -0.2) is 69.9 Å². The molecule has 3 heterocycles. The Morgan fingerprint density at radius 3 is 2.56 bits per heavy atom. The summed E-state index contributed by atoms with van der Waals surface area (Å²) < 4.78 is 13.0. The van der Waals surface area contributed by atoms with Gasteiger partial charge in [-0.2, -0.15) is 5.10 Å². The van der Waals surface area contributed by atoms with Crippen molar-refractivity contribution in [3.8, 4) is 5.75 Å². The Kier molecular flexibility index (Phi) is 7.89. The van der Waals surface area contributed by atoms with E-state index in [0.29, 0.717) is 37.1 Å². The second-order valence-electron chi connectivity index (χ2n) is 8.65. The molecule has 0 radical (unpaired) electrons. The van der Waals surface area contributed by atoms with E-state index in [1.807, 2.05) is 36.9 Å². The number of ether oxygens (including phenoxy) is 2. The predicted octanol–water partition coefficient (Wildman–Crippen LogP) is 3.38. The fourth-order valence-electron chi connectivity index (χ4n) is 3.70. The normalized spacial score (nSPS) is 14.2. The summed E-state index contributed by atoms with van der Waals surface area (Å²) in [4.78, 5) is 24.4. The van der Waals surface area contributed by atoms with Crippen LogP contribution in [0, 0.1) is 0 Å². The van der Waals surface area contributed by atoms with E-state index in [4.69, 9.17) is 19.4 Å². The van der Waals surface area contributed by atoms with Gasteiger partial charge in [0.25, 0.3) is 5.91 Å². The topological polar surface area (TPSA) is 94.4 Å². The Hall–Kier alpha value is -2.85. The molecular weight excluding hydrogens is 452 g/mol. The fourth-order valence-corrected chi connectivity index (χ4v) is 4.40. The molecule has 3 aromatic rings. The van der Waals surface area contributed by atoms with Gasteiger partial charge in [-0.1, -0.05) is 25.6 Å². The monoisotopic (exact) mass is 484 g/mol. The quantitative estimate of drug-likeness (QED) is 0.365. The number of hydrogen-bond acceptors (Lipinski definition) is 8. The highest BCUT2D eigenvalue weighted by Gasteiger charge is 2.20. The Morgan fingerprint density at radius 1 is 1.15 bits per heavy atom. The Bertz CT molecular complexity index is 1110. The van der Waals surface area contributed by atoms with Gasteiger partial charge in [0, 0.05) is 30.4 Å². The number of nitrogens with zero attached hydrogens (tertiary/aromatic N) is 5. The van der Waals surface area contributed by atoms with Gasteiger partial charge in [0.1, 0.15) is 11.6 Å². The van der Waals surface area contributed by atoms with E-state index in [2.05, 4.69) is 29.2 Å². The van der Waals surface area contributed by atoms with Crippen LogP contribution in [0.3, 0.4) is 0 Å². The number of hydrogen-bond donors (Lipinski definition) is 1. The zero-order valence-corrected chi connectivity index (χ0v) is 21.0. The number of rotatable bonds is 9. The molecule has 182 valence electrons. The van der Waals surface area contributed by atoms with Crippen LogP contribution in [-0.2, 0) is 11.3 Å². The highest BCUT2D eigenvalue weighted by molar-refractivity contribution is 7.99. The van der Waals surface area contributed by atoms with Crippen LogP contribution >= 0.6 is 11.8 Å². The minimum Gasteiger partial charge on any atom is -0.491 e. The summed E-state index contributed by atoms with van der Waals surface area (Å²) in [5.41, 5.74) is 1.37. The maximum Gasteiger partial charge on any atom is 0.251 e. The summed E-state index contributed by atoms with van der Waals surface area (Å²) in [7, 11) is 0. The number of carbonyl (C=O) groups is 1. The number of aromatic nitrogens is 4. The summed E-state index contributed by atoms with van der Waals surface area (Å²) in [5.74, 6) is 1.52. The van der Waals surface area contributed by atoms with Gasteiger partial charge in [-0.3, -0.25) is 4.79 Å². The van der Waals surface area contributed by atoms with Gasteiger partial charge in [-0.05, 0) is 38.1 Å². The molecule has 0 bridgehead atoms. The van der Waals surface area contributed by atoms with Crippen molar-refractivity contribution in [3.05, 3.63) is 36.0 Å². The molecule has 0 unspecified atom stereocenters. The minimum absolute atomic E-state index is 0.0931. The van der Waals surface area contributed by atoms with E-state index in [0.717, 1.165) is 40.8 Å². The second-order valence-corrected chi connectivity index (χ2v) is 10.2. The zero-order chi connectivity index (χ0) is 24.1. The molecule has 0 saturated carbocycles. The van der Waals surface area contributed by atoms with E-state index in [-0.39, 0.29) is 12.0 Å². The molecule has 1 aromatic carbocycles. The second kappa shape index (κ2) is 11.1. The van der Waals surface area contributed by atoms with E-state index < -0.39 is 0 Å². The molecule has 1 N–H and O–H groups in total. The number of nitrogens with one attached hydrogen (secondary N) is 1. The van der Waals surface area contributed by atoms with Crippen molar-refractivity contribution >= 4 is 34.5 Å². The predicted molar refractivity (Wildman–Crippen MR) is 134 cm³/mol. The van der Waals surface area contributed by atoms with Crippen LogP contribution in [0.5, 0.6) is 5.75 Å². The van der Waals surface area contributed by atoms with Gasteiger partial charge in [0.2, 0.25) is 0 Å². The third-order valence-corrected chi connectivity index (χ3v) is 6.07. The zero-order valence-electron chi connectivity index (χ0n) is 20.2. The first kappa shape index (κ1) is 24.3. The average molecular weight is 485 g/mol. The average Bonchev–Trinajstić information content (AvgIpc) is 3.21. The molecule has 0 spiro atoms. The molecular formula is C24H32N6O3S. The number of anilines is 1. The van der Waals surface area contributed by atoms with E-state index >= 15 is 0 Å². The smallest absolute Gasteiger partial charge is 0.251 e. The van der Waals surface area contributed by atoms with E-state index in [1.54, 1.807) is 23.9 Å². The molecule has 1 amide bonds. The lowest BCUT2D eigenvalue weighted by Gasteiger charge is -2.28. The van der Waals surface area contributed by atoms with E-state index in [1.165, 1.54) is 0 Å². The first-order valence-electron chi connectivity index (χ1n) is 11.7. The lowest BCUT2D eigenvalue weighted by molar-refractivity contribution is 0.0952. The third-order valence-electron chi connectivity index (χ3n) is 5.20. The van der Waals surface area contributed by atoms with Gasteiger partial charge in [0.15, 0.2) is 10.8 Å². The molecule has 1 aliphatic rings. The number of carbonyl (C=O) groups excluding carboxylic acids is 1. The van der Waals surface area contributed by atoms with Crippen LogP contribution in [0.15, 0.2) is 35.6 Å². The molecule has 1 aliphatic heterocycles. The van der Waals surface area contributed by atoms with Crippen LogP contribution in [0.25, 0.3) is 11.0 Å². The van der Waals surface area contributed by atoms with Gasteiger partial charge in [0.05, 0.1) is 37.4 Å². The summed E-state index contributed by atoms with van der Waals surface area (Å²) in [6, 6.07) is 7.17. The fraction of sp³-hybridized carbons (Fsp3) is 0.500. The SMILES string of the molecule is CC(C)Oc1ccc(C(=O)NCCn2ncc3c(N4CCOCC4)nc(SC(C)C)nc32)cc1. The summed E-state index contributed by atoms with van der Waals surface area (Å²) in [5, 5.41) is 9.55. The first-order chi connectivity index (χ1) is 16.4. The first-order valence-corrected chi connectivity index (χ1v) is 12.6. The third kappa shape index (κ3) is 5.98. The molecule has 1 saturated heterocycles. The van der Waals surface area contributed by atoms with Gasteiger partial charge in [-0.25, -0.2) is 14.6 Å². The van der Waals surface area contributed by atoms with Crippen molar-refractivity contribution in [1.29, 1.82) is 0 Å². The highest BCUT2D eigenvalue weighted by Crippen LogP contribution is 2.29. The number of benzene rings is 1. The molecule has 0 aliphatic carbocycles. The number of amides is 1. The van der Waals surface area contributed by atoms with Crippen molar-refractivity contribution in [2.75, 3.05) is 37.7 Å². The molecule has 9 nitrogen and oxygen atoms in total. The van der Waals surface area contributed by atoms with Gasteiger partial charge in [-0.15, -0.1) is 0 Å². The Labute approximate surface area is 204 Å². The van der Waals surface area contributed by atoms with Crippen molar-refractivity contribution in [2.45, 2.75) is 50.8 Å². The van der Waals surface area contributed by atoms with Crippen molar-refractivity contribution in [2.24, 2.45) is 0 Å². The van der Waals surface area contributed by atoms with Crippen LogP contribution in [0.2, 0.25) is 0 Å². The minimum atomic E-state index is -0.132. The Balaban J connectivity index is 1.46. The maximum atomic E-state index is 12.6. The maximum absolute atomic E-state index is 12.6. The van der Waals surface area contributed by atoms with Crippen molar-refractivity contribution < 1.29 is 14.3 Å². The molecule has 34 heavy (non-hydrogen) atoms. The van der Waals surface area contributed by atoms with E-state index in [9.17, 15) is 4.79 Å². The molecule has 2 aromatic heterocycles. The highest BCUT2D eigenvalue weighted by atomic mass is 32.2. The molecule has 4 rings (SSSR count). The number of thioether (sulfide) groups is 1. The standard InChI is InChI=1S/C24H32N6O3S/c1-16(2)33-19-7-5-18(6-8-19)23(31)25-9-10-30-22-20(15-26-30)21(29-11-13-32-14-12-29)27-24(28-22)34-17(3)4/h5-8,15-17H,9-14H2,1-4H3,(H,25,31). The molecule has 0 atom stereocenters. The summed E-state index contributed by atoms with van der Waals surface area (Å²) in [6.07, 6.45) is 1.91. The number of fused-ring (bicyclic) bond motifs is 1. The number of morpholine rings is 1. The molecule has 10 heteroatoms. The Morgan fingerprint density at radius 2 is 1.88 bits per heavy atom. The van der Waals surface area contributed by atoms with Crippen molar-refractivity contribution in [1.82, 2.24) is 25.1 Å². The van der Waals surface area contributed by atoms with Crippen LogP contribution in [0.4, 0.5) is 5.82 Å². The summed E-state index contributed by atoms with van der Waals surface area (Å²) in [6.45, 7) is 12.1. The molecule has 1 fully saturated rings. The summed E-state index contributed by atoms with van der Waals surface area (Å²) >= 11 is 1.63. The largest absolute Gasteiger partial charge is 0.491 e. The van der Waals surface area contributed by atoms with Gasteiger partial charge < -0.3 is 19.7 Å².